The molecule has 4 heterocycles. The van der Waals surface area contributed by atoms with Crippen molar-refractivity contribution in [3.05, 3.63) is 58.2 Å². The van der Waals surface area contributed by atoms with Gasteiger partial charge in [0.05, 0.1) is 36.5 Å². The average molecular weight is 1030 g/mol. The molecule has 1 aliphatic heterocycles. The predicted molar refractivity (Wildman–Crippen MR) is 257 cm³/mol. The lowest BCUT2D eigenvalue weighted by Gasteiger charge is -2.28. The van der Waals surface area contributed by atoms with E-state index >= 15 is 0 Å². The molecule has 390 valence electrons. The first-order valence-corrected chi connectivity index (χ1v) is 25.9. The number of carboxylic acids is 1. The Bertz CT molecular complexity index is 2450. The Morgan fingerprint density at radius 2 is 1.68 bits per heavy atom. The minimum atomic E-state index is -5.14. The third-order valence-corrected chi connectivity index (χ3v) is 14.0. The number of nitrogens with two attached hydrogens (primary N) is 1. The SMILES string of the molecule is CC(=O)N1CCC[C@H]1C(=O)N[C@@H](CC(C)C)C(=O)N[C@@H](Cc1cncn1CCCCCO/N=C/c1cccn1-c1sc2c(c1C(=O)O)CCCC2)C(=O)N[C@@H](CO)C(=O)N[C@H](C(N)=O)[C@@H](C)OP(=O)(O)O. The molecule has 6 atom stereocenters. The number of aromatic nitrogens is 3. The van der Waals surface area contributed by atoms with Crippen molar-refractivity contribution >= 4 is 66.8 Å². The number of aliphatic hydroxyl groups excluding tert-OH is 1. The maximum Gasteiger partial charge on any atom is 0.469 e. The third kappa shape index (κ3) is 15.8. The second-order valence-electron chi connectivity index (χ2n) is 18.0. The van der Waals surface area contributed by atoms with Crippen LogP contribution >= 0.6 is 19.2 Å². The number of carbonyl (C=O) groups excluding carboxylic acids is 6. The van der Waals surface area contributed by atoms with Crippen molar-refractivity contribution in [2.75, 3.05) is 19.8 Å². The van der Waals surface area contributed by atoms with E-state index in [9.17, 15) is 58.1 Å². The molecule has 1 saturated heterocycles. The van der Waals surface area contributed by atoms with Gasteiger partial charge in [-0.15, -0.1) is 11.3 Å². The van der Waals surface area contributed by atoms with Crippen LogP contribution in [0.1, 0.15) is 111 Å². The summed E-state index contributed by atoms with van der Waals surface area (Å²) in [4.78, 5) is 123. The molecule has 0 saturated carbocycles. The van der Waals surface area contributed by atoms with E-state index in [1.807, 2.05) is 30.5 Å². The summed E-state index contributed by atoms with van der Waals surface area (Å²) >= 11 is 1.49. The second-order valence-corrected chi connectivity index (χ2v) is 20.2. The second kappa shape index (κ2) is 25.9. The topological polar surface area (TPSA) is 348 Å². The smallest absolute Gasteiger partial charge is 0.469 e. The van der Waals surface area contributed by atoms with Crippen LogP contribution in [-0.2, 0) is 68.5 Å². The van der Waals surface area contributed by atoms with E-state index in [2.05, 4.69) is 35.9 Å². The summed E-state index contributed by atoms with van der Waals surface area (Å²) in [5.41, 5.74) is 7.76. The van der Waals surface area contributed by atoms with Gasteiger partial charge in [0, 0.05) is 49.4 Å². The number of amides is 6. The van der Waals surface area contributed by atoms with Gasteiger partial charge in [-0.3, -0.25) is 33.3 Å². The molecule has 71 heavy (non-hydrogen) atoms. The van der Waals surface area contributed by atoms with Crippen LogP contribution in [0.25, 0.3) is 5.00 Å². The summed E-state index contributed by atoms with van der Waals surface area (Å²) in [6.45, 7) is 6.15. The lowest BCUT2D eigenvalue weighted by atomic mass is 9.95. The van der Waals surface area contributed by atoms with Gasteiger partial charge >= 0.3 is 13.8 Å². The van der Waals surface area contributed by atoms with E-state index in [0.717, 1.165) is 43.0 Å². The zero-order chi connectivity index (χ0) is 52.0. The van der Waals surface area contributed by atoms with Gasteiger partial charge in [0.1, 0.15) is 41.8 Å². The van der Waals surface area contributed by atoms with Gasteiger partial charge in [0.25, 0.3) is 0 Å². The first-order chi connectivity index (χ1) is 33.7. The third-order valence-electron chi connectivity index (χ3n) is 12.1. The minimum Gasteiger partial charge on any atom is -0.478 e. The van der Waals surface area contributed by atoms with E-state index in [1.54, 1.807) is 23.3 Å². The number of carbonyl (C=O) groups is 7. The highest BCUT2D eigenvalue weighted by Crippen LogP contribution is 2.39. The Hall–Kier alpha value is -5.98. The number of likely N-dealkylation sites (tertiary alicyclic amines) is 1. The number of oxime groups is 1. The lowest BCUT2D eigenvalue weighted by molar-refractivity contribution is -0.139. The molecule has 0 bridgehead atoms. The highest BCUT2D eigenvalue weighted by molar-refractivity contribution is 7.46. The number of nitrogens with one attached hydrogen (secondary N) is 4. The molecule has 10 N–H and O–H groups in total. The van der Waals surface area contributed by atoms with Crippen molar-refractivity contribution in [2.45, 2.75) is 141 Å². The number of phosphoric ester groups is 1. The number of aliphatic hydroxyl groups is 1. The fourth-order valence-corrected chi connectivity index (χ4v) is 10.5. The minimum absolute atomic E-state index is 0.120. The van der Waals surface area contributed by atoms with Crippen LogP contribution in [0.4, 0.5) is 0 Å². The quantitative estimate of drug-likeness (QED) is 0.0223. The molecular formula is C45H65N10O14PS. The lowest BCUT2D eigenvalue weighted by Crippen LogP contribution is -2.61. The highest BCUT2D eigenvalue weighted by atomic mass is 32.1. The summed E-state index contributed by atoms with van der Waals surface area (Å²) in [6.07, 6.45) is 11.2. The molecule has 5 rings (SSSR count). The number of aryl methyl sites for hydroxylation is 2. The number of fused-ring (bicyclic) bond motifs is 1. The Balaban J connectivity index is 1.24. The summed E-state index contributed by atoms with van der Waals surface area (Å²) in [7, 11) is -5.14. The number of imidazole rings is 1. The molecule has 0 aromatic carbocycles. The summed E-state index contributed by atoms with van der Waals surface area (Å²) in [6, 6.07) is -3.34. The Labute approximate surface area is 414 Å². The van der Waals surface area contributed by atoms with E-state index in [4.69, 9.17) is 10.6 Å². The van der Waals surface area contributed by atoms with Crippen molar-refractivity contribution in [1.82, 2.24) is 40.3 Å². The normalized spacial score (nSPS) is 17.0. The summed E-state index contributed by atoms with van der Waals surface area (Å²) in [5, 5.41) is 35.0. The van der Waals surface area contributed by atoms with Gasteiger partial charge in [0.15, 0.2) is 0 Å². The van der Waals surface area contributed by atoms with Gasteiger partial charge in [0.2, 0.25) is 35.4 Å². The predicted octanol–water partition coefficient (Wildman–Crippen LogP) is 1.05. The van der Waals surface area contributed by atoms with Gasteiger partial charge in [-0.2, -0.15) is 0 Å². The van der Waals surface area contributed by atoms with Crippen molar-refractivity contribution in [3.63, 3.8) is 0 Å². The Morgan fingerprint density at radius 3 is 2.35 bits per heavy atom. The molecule has 2 aliphatic rings. The van der Waals surface area contributed by atoms with E-state index in [1.165, 1.54) is 29.4 Å². The highest BCUT2D eigenvalue weighted by Gasteiger charge is 2.37. The van der Waals surface area contributed by atoms with Crippen LogP contribution in [-0.4, -0.2) is 143 Å². The fourth-order valence-electron chi connectivity index (χ4n) is 8.61. The number of hydrogen-bond acceptors (Lipinski definition) is 14. The number of rotatable bonds is 27. The summed E-state index contributed by atoms with van der Waals surface area (Å²) < 4.78 is 19.5. The zero-order valence-corrected chi connectivity index (χ0v) is 41.9. The Morgan fingerprint density at radius 1 is 0.972 bits per heavy atom. The number of unbranched alkanes of at least 4 members (excludes halogenated alkanes) is 2. The van der Waals surface area contributed by atoms with Crippen molar-refractivity contribution in [1.29, 1.82) is 0 Å². The molecule has 0 unspecified atom stereocenters. The monoisotopic (exact) mass is 1030 g/mol. The van der Waals surface area contributed by atoms with E-state index < -0.39 is 86.2 Å². The average Bonchev–Trinajstić information content (AvgIpc) is 4.13. The zero-order valence-electron chi connectivity index (χ0n) is 40.2. The molecule has 0 spiro atoms. The molecular weight excluding hydrogens is 968 g/mol. The van der Waals surface area contributed by atoms with Crippen LogP contribution in [0.3, 0.4) is 0 Å². The van der Waals surface area contributed by atoms with Gasteiger partial charge in [-0.1, -0.05) is 19.0 Å². The largest absolute Gasteiger partial charge is 0.478 e. The van der Waals surface area contributed by atoms with Crippen molar-refractivity contribution in [2.24, 2.45) is 16.8 Å². The van der Waals surface area contributed by atoms with Gasteiger partial charge in [-0.05, 0) is 94.7 Å². The van der Waals surface area contributed by atoms with E-state index in [0.29, 0.717) is 67.1 Å². The van der Waals surface area contributed by atoms with E-state index in [-0.39, 0.29) is 31.3 Å². The first-order valence-electron chi connectivity index (χ1n) is 23.5. The van der Waals surface area contributed by atoms with Crippen LogP contribution in [0.15, 0.2) is 36.0 Å². The molecule has 3 aromatic rings. The number of aromatic carboxylic acids is 1. The fraction of sp³-hybridized carbons (Fsp3) is 0.578. The molecule has 26 heteroatoms. The maximum atomic E-state index is 14.1. The number of phosphoric acid groups is 1. The van der Waals surface area contributed by atoms with Gasteiger partial charge in [-0.25, -0.2) is 14.3 Å². The molecule has 6 amide bonds. The first kappa shape index (κ1) is 55.9. The van der Waals surface area contributed by atoms with Crippen molar-refractivity contribution in [3.8, 4) is 5.00 Å². The van der Waals surface area contributed by atoms with Crippen LogP contribution < -0.4 is 27.0 Å². The molecule has 1 fully saturated rings. The number of hydrogen-bond donors (Lipinski definition) is 9. The number of nitrogens with zero attached hydrogens (tertiary/aromatic N) is 5. The molecule has 24 nitrogen and oxygen atoms in total. The summed E-state index contributed by atoms with van der Waals surface area (Å²) in [5.74, 6) is -6.03. The maximum absolute atomic E-state index is 14.1. The number of carboxylic acid groups (broad SMARTS) is 1. The van der Waals surface area contributed by atoms with Crippen LogP contribution in [0, 0.1) is 5.92 Å². The van der Waals surface area contributed by atoms with Gasteiger partial charge < -0.3 is 65.9 Å². The molecule has 1 aliphatic carbocycles. The molecule has 0 radical (unpaired) electrons. The molecule has 3 aromatic heterocycles. The van der Waals surface area contributed by atoms with Crippen LogP contribution in [0.2, 0.25) is 0 Å². The standard InChI is InChI=1S/C45H65N10O14PS/c1-26(2)20-32(50-43(62)35-14-11-17-54(35)28(4)57)40(59)49-33(41(60)51-34(24-56)42(61)52-38(39(46)58)27(3)69-70(65,66)67)21-30-22-47-25-53(30)16-8-5-9-19-68-48-23-29-12-10-18-55(29)44-37(45(63)64)31-13-6-7-15-36(31)71-44/h10,12,18,22-23,25-27,32-35,38,56H,5-9,11,13-17,19-21,24H2,1-4H3,(H2,46,58)(H,49,59)(H,50,62)(H,51,60)(H,52,61)(H,63,64)(H2,65,66,67)/b48-23+/t27-,32+,33+,34+,35+,38+/m1/s1. The number of thiophene rings is 1. The number of primary amides is 1. The van der Waals surface area contributed by atoms with Crippen LogP contribution in [0.5, 0.6) is 0 Å². The van der Waals surface area contributed by atoms with Crippen molar-refractivity contribution < 1.29 is 67.5 Å². The Kier molecular flexibility index (Phi) is 20.4.